The molecule has 2 aliphatic rings. The Bertz CT molecular complexity index is 573. The second-order valence-electron chi connectivity index (χ2n) is 5.54. The maximum Gasteiger partial charge on any atom is 0.240 e. The molecule has 2 aliphatic heterocycles. The van der Waals surface area contributed by atoms with Crippen LogP contribution < -0.4 is 4.72 Å². The Morgan fingerprint density at radius 1 is 1.20 bits per heavy atom. The molecule has 1 aromatic rings. The SMILES string of the molecule is O=S(=O)(NC1CCN2CCCC12)c1ccc(CBr)cc1. The Balaban J connectivity index is 1.74. The van der Waals surface area contributed by atoms with Crippen molar-refractivity contribution in [1.82, 2.24) is 9.62 Å². The normalized spacial score (nSPS) is 26.9. The number of halogens is 1. The molecule has 6 heteroatoms. The van der Waals surface area contributed by atoms with Crippen LogP contribution in [0.3, 0.4) is 0 Å². The molecule has 2 unspecified atom stereocenters. The molecule has 1 N–H and O–H groups in total. The fourth-order valence-corrected chi connectivity index (χ4v) is 4.92. The highest BCUT2D eigenvalue weighted by Gasteiger charge is 2.39. The standard InChI is InChI=1S/C14H19BrN2O2S/c15-10-11-3-5-12(6-4-11)20(18,19)16-13-7-9-17-8-1-2-14(13)17/h3-6,13-14,16H,1-2,7-10H2. The van der Waals surface area contributed by atoms with E-state index in [1.807, 2.05) is 12.1 Å². The summed E-state index contributed by atoms with van der Waals surface area (Å²) in [6, 6.07) is 7.52. The van der Waals surface area contributed by atoms with E-state index in [2.05, 4.69) is 25.6 Å². The van der Waals surface area contributed by atoms with E-state index in [9.17, 15) is 8.42 Å². The third kappa shape index (κ3) is 2.79. The summed E-state index contributed by atoms with van der Waals surface area (Å²) in [5.74, 6) is 0. The quantitative estimate of drug-likeness (QED) is 0.838. The van der Waals surface area contributed by atoms with Gasteiger partial charge in [-0.1, -0.05) is 28.1 Å². The zero-order chi connectivity index (χ0) is 14.2. The number of rotatable bonds is 4. The molecule has 1 aromatic carbocycles. The van der Waals surface area contributed by atoms with Crippen LogP contribution >= 0.6 is 15.9 Å². The van der Waals surface area contributed by atoms with Crippen LogP contribution in [0.25, 0.3) is 0 Å². The number of nitrogens with zero attached hydrogens (tertiary/aromatic N) is 1. The summed E-state index contributed by atoms with van der Waals surface area (Å²) < 4.78 is 27.8. The van der Waals surface area contributed by atoms with Gasteiger partial charge in [-0.15, -0.1) is 0 Å². The number of hydrogen-bond donors (Lipinski definition) is 1. The van der Waals surface area contributed by atoms with Crippen molar-refractivity contribution in [1.29, 1.82) is 0 Å². The van der Waals surface area contributed by atoms with Gasteiger partial charge >= 0.3 is 0 Å². The van der Waals surface area contributed by atoms with Crippen LogP contribution in [-0.4, -0.2) is 38.5 Å². The first-order valence-electron chi connectivity index (χ1n) is 7.01. The molecule has 0 radical (unpaired) electrons. The van der Waals surface area contributed by atoms with E-state index in [0.717, 1.165) is 36.8 Å². The van der Waals surface area contributed by atoms with Gasteiger partial charge in [0.05, 0.1) is 4.90 Å². The molecule has 20 heavy (non-hydrogen) atoms. The van der Waals surface area contributed by atoms with Gasteiger partial charge in [-0.05, 0) is 43.5 Å². The van der Waals surface area contributed by atoms with Gasteiger partial charge in [0.25, 0.3) is 0 Å². The monoisotopic (exact) mass is 358 g/mol. The smallest absolute Gasteiger partial charge is 0.240 e. The van der Waals surface area contributed by atoms with Crippen LogP contribution in [-0.2, 0) is 15.4 Å². The van der Waals surface area contributed by atoms with Crippen LogP contribution in [0.4, 0.5) is 0 Å². The second-order valence-corrected chi connectivity index (χ2v) is 7.81. The van der Waals surface area contributed by atoms with Crippen molar-refractivity contribution >= 4 is 26.0 Å². The first-order valence-corrected chi connectivity index (χ1v) is 9.62. The maximum absolute atomic E-state index is 12.4. The summed E-state index contributed by atoms with van der Waals surface area (Å²) in [6.07, 6.45) is 3.21. The molecule has 2 saturated heterocycles. The van der Waals surface area contributed by atoms with E-state index < -0.39 is 10.0 Å². The van der Waals surface area contributed by atoms with Gasteiger partial charge in [0.15, 0.2) is 0 Å². The molecular formula is C14H19BrN2O2S. The lowest BCUT2D eigenvalue weighted by Gasteiger charge is -2.21. The number of benzene rings is 1. The van der Waals surface area contributed by atoms with Gasteiger partial charge < -0.3 is 0 Å². The number of sulfonamides is 1. The third-order valence-electron chi connectivity index (χ3n) is 4.30. The van der Waals surface area contributed by atoms with Crippen molar-refractivity contribution in [3.8, 4) is 0 Å². The zero-order valence-corrected chi connectivity index (χ0v) is 13.7. The minimum Gasteiger partial charge on any atom is -0.299 e. The summed E-state index contributed by atoms with van der Waals surface area (Å²) in [5, 5.41) is 0.737. The van der Waals surface area contributed by atoms with Crippen molar-refractivity contribution in [2.45, 2.75) is 41.6 Å². The molecule has 110 valence electrons. The summed E-state index contributed by atoms with van der Waals surface area (Å²) >= 11 is 3.36. The third-order valence-corrected chi connectivity index (χ3v) is 6.45. The van der Waals surface area contributed by atoms with Crippen molar-refractivity contribution in [2.75, 3.05) is 13.1 Å². The Labute approximate surface area is 128 Å². The van der Waals surface area contributed by atoms with Gasteiger partial charge in [-0.2, -0.15) is 0 Å². The maximum atomic E-state index is 12.4. The van der Waals surface area contributed by atoms with Crippen LogP contribution in [0.2, 0.25) is 0 Å². The van der Waals surface area contributed by atoms with E-state index in [4.69, 9.17) is 0 Å². The van der Waals surface area contributed by atoms with Crippen molar-refractivity contribution in [3.05, 3.63) is 29.8 Å². The molecule has 0 spiro atoms. The molecule has 0 aromatic heterocycles. The molecule has 0 saturated carbocycles. The summed E-state index contributed by atoms with van der Waals surface area (Å²) in [6.45, 7) is 2.13. The zero-order valence-electron chi connectivity index (χ0n) is 11.3. The topological polar surface area (TPSA) is 49.4 Å². The Morgan fingerprint density at radius 2 is 1.95 bits per heavy atom. The molecule has 3 rings (SSSR count). The van der Waals surface area contributed by atoms with Crippen molar-refractivity contribution in [2.24, 2.45) is 0 Å². The fraction of sp³-hybridized carbons (Fsp3) is 0.571. The predicted molar refractivity (Wildman–Crippen MR) is 82.4 cm³/mol. The number of alkyl halides is 1. The summed E-state index contributed by atoms with van der Waals surface area (Å²) in [7, 11) is -3.40. The van der Waals surface area contributed by atoms with Gasteiger partial charge in [0, 0.05) is 24.0 Å². The Morgan fingerprint density at radius 3 is 2.65 bits per heavy atom. The van der Waals surface area contributed by atoms with Gasteiger partial charge in [-0.25, -0.2) is 13.1 Å². The van der Waals surface area contributed by atoms with Crippen LogP contribution in [0.15, 0.2) is 29.2 Å². The van der Waals surface area contributed by atoms with Crippen LogP contribution in [0, 0.1) is 0 Å². The average molecular weight is 359 g/mol. The number of nitrogens with one attached hydrogen (secondary N) is 1. The predicted octanol–water partition coefficient (Wildman–Crippen LogP) is 2.10. The molecule has 0 bridgehead atoms. The van der Waals surface area contributed by atoms with Crippen molar-refractivity contribution in [3.63, 3.8) is 0 Å². The molecule has 2 atom stereocenters. The highest BCUT2D eigenvalue weighted by atomic mass is 79.9. The Hall–Kier alpha value is -0.430. The molecule has 0 aliphatic carbocycles. The fourth-order valence-electron chi connectivity index (χ4n) is 3.24. The van der Waals surface area contributed by atoms with Crippen LogP contribution in [0.5, 0.6) is 0 Å². The lowest BCUT2D eigenvalue weighted by atomic mass is 10.1. The van der Waals surface area contributed by atoms with Gasteiger partial charge in [0.2, 0.25) is 10.0 Å². The van der Waals surface area contributed by atoms with Crippen molar-refractivity contribution < 1.29 is 8.42 Å². The highest BCUT2D eigenvalue weighted by molar-refractivity contribution is 9.08. The van der Waals surface area contributed by atoms with E-state index in [1.54, 1.807) is 12.1 Å². The largest absolute Gasteiger partial charge is 0.299 e. The molecule has 0 amide bonds. The lowest BCUT2D eigenvalue weighted by Crippen LogP contribution is -2.42. The van der Waals surface area contributed by atoms with E-state index in [1.165, 1.54) is 6.42 Å². The minimum absolute atomic E-state index is 0.0679. The molecule has 2 fully saturated rings. The molecular weight excluding hydrogens is 340 g/mol. The minimum atomic E-state index is -3.40. The first-order chi connectivity index (χ1) is 9.60. The summed E-state index contributed by atoms with van der Waals surface area (Å²) in [5.41, 5.74) is 1.08. The van der Waals surface area contributed by atoms with Crippen LogP contribution in [0.1, 0.15) is 24.8 Å². The lowest BCUT2D eigenvalue weighted by molar-refractivity contribution is 0.309. The Kier molecular flexibility index (Phi) is 4.17. The van der Waals surface area contributed by atoms with E-state index >= 15 is 0 Å². The highest BCUT2D eigenvalue weighted by Crippen LogP contribution is 2.29. The van der Waals surface area contributed by atoms with Gasteiger partial charge in [-0.3, -0.25) is 4.90 Å². The second kappa shape index (κ2) is 5.75. The number of fused-ring (bicyclic) bond motifs is 1. The van der Waals surface area contributed by atoms with E-state index in [-0.39, 0.29) is 6.04 Å². The first kappa shape index (κ1) is 14.5. The van der Waals surface area contributed by atoms with E-state index in [0.29, 0.717) is 10.9 Å². The average Bonchev–Trinajstić information content (AvgIpc) is 3.04. The van der Waals surface area contributed by atoms with Gasteiger partial charge in [0.1, 0.15) is 0 Å². The summed E-state index contributed by atoms with van der Waals surface area (Å²) in [4.78, 5) is 2.76. The number of hydrogen-bond acceptors (Lipinski definition) is 3. The molecule has 2 heterocycles. The molecule has 4 nitrogen and oxygen atoms in total.